The first-order chi connectivity index (χ1) is 12.7. The zero-order valence-corrected chi connectivity index (χ0v) is 15.4. The van der Waals surface area contributed by atoms with Crippen LogP contribution in [0.5, 0.6) is 5.75 Å². The number of rotatable bonds is 3. The lowest BCUT2D eigenvalue weighted by Crippen LogP contribution is -1.94. The Morgan fingerprint density at radius 2 is 2.00 bits per heavy atom. The van der Waals surface area contributed by atoms with Gasteiger partial charge in [0.15, 0.2) is 0 Å². The smallest absolute Gasteiger partial charge is 0.145 e. The van der Waals surface area contributed by atoms with Gasteiger partial charge in [-0.2, -0.15) is 5.26 Å². The summed E-state index contributed by atoms with van der Waals surface area (Å²) in [6.07, 6.45) is 3.47. The lowest BCUT2D eigenvalue weighted by atomic mass is 10.1. The van der Waals surface area contributed by atoms with Gasteiger partial charge in [0.05, 0.1) is 36.0 Å². The second-order valence-electron chi connectivity index (χ2n) is 5.69. The first-order valence-electron chi connectivity index (χ1n) is 7.87. The van der Waals surface area contributed by atoms with Gasteiger partial charge in [-0.1, -0.05) is 12.1 Å². The lowest BCUT2D eigenvalue weighted by molar-refractivity contribution is 0.414. The van der Waals surface area contributed by atoms with Gasteiger partial charge in [0, 0.05) is 11.3 Å². The molecule has 0 atom stereocenters. The molecule has 0 aliphatic rings. The number of ether oxygens (including phenoxy) is 1. The van der Waals surface area contributed by atoms with Gasteiger partial charge in [0.1, 0.15) is 16.7 Å². The molecule has 4 aromatic rings. The van der Waals surface area contributed by atoms with Crippen LogP contribution in [0, 0.1) is 11.3 Å². The summed E-state index contributed by atoms with van der Waals surface area (Å²) in [5, 5.41) is 9.05. The fourth-order valence-corrected chi connectivity index (χ4v) is 3.25. The number of hydrogen-bond donors (Lipinski definition) is 0. The van der Waals surface area contributed by atoms with Gasteiger partial charge in [-0.25, -0.2) is 9.97 Å². The number of methoxy groups -OCH3 is 1. The highest BCUT2D eigenvalue weighted by Crippen LogP contribution is 2.32. The summed E-state index contributed by atoms with van der Waals surface area (Å²) < 4.78 is 8.20. The summed E-state index contributed by atoms with van der Waals surface area (Å²) in [4.78, 5) is 8.64. The monoisotopic (exact) mass is 404 g/mol. The normalized spacial score (nSPS) is 10.7. The largest absolute Gasteiger partial charge is 0.494 e. The lowest BCUT2D eigenvalue weighted by Gasteiger charge is -2.11. The van der Waals surface area contributed by atoms with Crippen LogP contribution in [0.15, 0.2) is 65.7 Å². The summed E-state index contributed by atoms with van der Waals surface area (Å²) in [5.41, 5.74) is 5.28. The van der Waals surface area contributed by atoms with Crippen molar-refractivity contribution in [3.63, 3.8) is 0 Å². The minimum Gasteiger partial charge on any atom is -0.494 e. The molecule has 126 valence electrons. The average molecular weight is 405 g/mol. The number of hydrogen-bond acceptors (Lipinski definition) is 4. The van der Waals surface area contributed by atoms with Crippen molar-refractivity contribution in [1.82, 2.24) is 14.5 Å². The standard InChI is InChI=1S/C20H13BrN4O/c1-26-19-11-23-20(21)9-16(19)14-3-2-4-15(8-14)25-12-24-17-7-13(10-22)5-6-18(17)25/h2-9,11-12H,1H3. The minimum atomic E-state index is 0.600. The Morgan fingerprint density at radius 3 is 2.81 bits per heavy atom. The number of nitrogens with zero attached hydrogens (tertiary/aromatic N) is 4. The van der Waals surface area contributed by atoms with Crippen molar-refractivity contribution in [2.45, 2.75) is 0 Å². The summed E-state index contributed by atoms with van der Waals surface area (Å²) in [7, 11) is 1.63. The minimum absolute atomic E-state index is 0.600. The molecular weight excluding hydrogens is 392 g/mol. The van der Waals surface area contributed by atoms with Gasteiger partial charge >= 0.3 is 0 Å². The Hall–Kier alpha value is -3.17. The van der Waals surface area contributed by atoms with E-state index in [0.29, 0.717) is 11.3 Å². The third-order valence-corrected chi connectivity index (χ3v) is 4.60. The molecule has 6 heteroatoms. The van der Waals surface area contributed by atoms with Crippen molar-refractivity contribution in [3.05, 3.63) is 71.2 Å². The van der Waals surface area contributed by atoms with E-state index >= 15 is 0 Å². The van der Waals surface area contributed by atoms with Crippen LogP contribution in [0.1, 0.15) is 5.56 Å². The summed E-state index contributed by atoms with van der Waals surface area (Å²) in [6.45, 7) is 0. The SMILES string of the molecule is COc1cnc(Br)cc1-c1cccc(-n2cnc3cc(C#N)ccc32)c1. The quantitative estimate of drug-likeness (QED) is 0.463. The molecule has 0 unspecified atom stereocenters. The van der Waals surface area contributed by atoms with Crippen molar-refractivity contribution in [3.8, 4) is 28.6 Å². The third kappa shape index (κ3) is 2.83. The second kappa shape index (κ2) is 6.62. The van der Waals surface area contributed by atoms with Crippen LogP contribution in [0.3, 0.4) is 0 Å². The van der Waals surface area contributed by atoms with E-state index in [1.807, 2.05) is 34.9 Å². The highest BCUT2D eigenvalue weighted by molar-refractivity contribution is 9.10. The van der Waals surface area contributed by atoms with Crippen LogP contribution >= 0.6 is 15.9 Å². The second-order valence-corrected chi connectivity index (χ2v) is 6.50. The number of imidazole rings is 1. The molecule has 5 nitrogen and oxygen atoms in total. The molecule has 4 rings (SSSR count). The van der Waals surface area contributed by atoms with Crippen LogP contribution in [0.4, 0.5) is 0 Å². The van der Waals surface area contributed by atoms with E-state index in [1.54, 1.807) is 31.8 Å². The van der Waals surface area contributed by atoms with E-state index in [2.05, 4.69) is 38.0 Å². The number of aromatic nitrogens is 3. The highest BCUT2D eigenvalue weighted by Gasteiger charge is 2.10. The molecule has 0 fully saturated rings. The van der Waals surface area contributed by atoms with Crippen LogP contribution in [0.2, 0.25) is 0 Å². The fourth-order valence-electron chi connectivity index (χ4n) is 2.92. The van der Waals surface area contributed by atoms with Gasteiger partial charge in [-0.05, 0) is 57.9 Å². The Morgan fingerprint density at radius 1 is 1.12 bits per heavy atom. The molecule has 0 bridgehead atoms. The van der Waals surface area contributed by atoms with Gasteiger partial charge in [-0.3, -0.25) is 4.57 Å². The predicted molar refractivity (Wildman–Crippen MR) is 103 cm³/mol. The van der Waals surface area contributed by atoms with E-state index in [-0.39, 0.29) is 0 Å². The molecule has 2 heterocycles. The molecule has 0 spiro atoms. The van der Waals surface area contributed by atoms with Crippen molar-refractivity contribution >= 4 is 27.0 Å². The zero-order valence-electron chi connectivity index (χ0n) is 13.8. The summed E-state index contributed by atoms with van der Waals surface area (Å²) >= 11 is 3.42. The maximum atomic E-state index is 9.05. The third-order valence-electron chi connectivity index (χ3n) is 4.17. The van der Waals surface area contributed by atoms with Crippen molar-refractivity contribution < 1.29 is 4.74 Å². The number of nitriles is 1. The van der Waals surface area contributed by atoms with Gasteiger partial charge < -0.3 is 4.74 Å². The van der Waals surface area contributed by atoms with Crippen molar-refractivity contribution in [1.29, 1.82) is 5.26 Å². The molecule has 0 saturated carbocycles. The van der Waals surface area contributed by atoms with E-state index in [9.17, 15) is 0 Å². The maximum absolute atomic E-state index is 9.05. The first kappa shape index (κ1) is 16.3. The fraction of sp³-hybridized carbons (Fsp3) is 0.0500. The van der Waals surface area contributed by atoms with E-state index in [0.717, 1.165) is 32.5 Å². The van der Waals surface area contributed by atoms with E-state index in [1.165, 1.54) is 0 Å². The van der Waals surface area contributed by atoms with E-state index in [4.69, 9.17) is 10.00 Å². The molecule has 0 aliphatic heterocycles. The van der Waals surface area contributed by atoms with Crippen LogP contribution in [-0.4, -0.2) is 21.6 Å². The van der Waals surface area contributed by atoms with E-state index < -0.39 is 0 Å². The Kier molecular flexibility index (Phi) is 4.15. The first-order valence-corrected chi connectivity index (χ1v) is 8.66. The van der Waals surface area contributed by atoms with Crippen LogP contribution in [0.25, 0.3) is 27.8 Å². The molecule has 0 radical (unpaired) electrons. The summed E-state index contributed by atoms with van der Waals surface area (Å²) in [6, 6.07) is 17.7. The molecule has 26 heavy (non-hydrogen) atoms. The molecule has 2 aromatic carbocycles. The molecule has 0 amide bonds. The predicted octanol–water partition coefficient (Wildman–Crippen LogP) is 4.73. The summed E-state index contributed by atoms with van der Waals surface area (Å²) in [5.74, 6) is 0.708. The van der Waals surface area contributed by atoms with Gasteiger partial charge in [-0.15, -0.1) is 0 Å². The highest BCUT2D eigenvalue weighted by atomic mass is 79.9. The van der Waals surface area contributed by atoms with Crippen LogP contribution < -0.4 is 4.74 Å². The topological polar surface area (TPSA) is 63.7 Å². The Bertz CT molecular complexity index is 1160. The van der Waals surface area contributed by atoms with Crippen LogP contribution in [-0.2, 0) is 0 Å². The number of halogens is 1. The molecule has 2 aromatic heterocycles. The molecule has 0 saturated heterocycles. The molecule has 0 aliphatic carbocycles. The number of pyridine rings is 1. The van der Waals surface area contributed by atoms with Crippen molar-refractivity contribution in [2.75, 3.05) is 7.11 Å². The Labute approximate surface area is 158 Å². The van der Waals surface area contributed by atoms with Gasteiger partial charge in [0.2, 0.25) is 0 Å². The maximum Gasteiger partial charge on any atom is 0.145 e. The average Bonchev–Trinajstić information content (AvgIpc) is 3.11. The number of benzene rings is 2. The molecular formula is C20H13BrN4O. The van der Waals surface area contributed by atoms with Crippen molar-refractivity contribution in [2.24, 2.45) is 0 Å². The van der Waals surface area contributed by atoms with Gasteiger partial charge in [0.25, 0.3) is 0 Å². The Balaban J connectivity index is 1.85. The number of fused-ring (bicyclic) bond motifs is 1. The molecule has 0 N–H and O–H groups in total. The zero-order chi connectivity index (χ0) is 18.1.